The van der Waals surface area contributed by atoms with Gasteiger partial charge in [-0.25, -0.2) is 0 Å². The Morgan fingerprint density at radius 2 is 1.75 bits per heavy atom. The first-order valence-electron chi connectivity index (χ1n) is 6.31. The van der Waals surface area contributed by atoms with Crippen LogP contribution in [0.3, 0.4) is 0 Å². The van der Waals surface area contributed by atoms with E-state index >= 15 is 0 Å². The lowest BCUT2D eigenvalue weighted by atomic mass is 9.95. The molecular weight excluding hydrogens is 270 g/mol. The highest BCUT2D eigenvalue weighted by Crippen LogP contribution is 2.29. The Morgan fingerprint density at radius 3 is 2.45 bits per heavy atom. The van der Waals surface area contributed by atoms with Crippen LogP contribution in [0.2, 0.25) is 5.02 Å². The molecule has 0 radical (unpaired) electrons. The second-order valence-corrected chi connectivity index (χ2v) is 5.06. The van der Waals surface area contributed by atoms with Crippen molar-refractivity contribution in [3.8, 4) is 11.1 Å². The zero-order chi connectivity index (χ0) is 14.1. The van der Waals surface area contributed by atoms with Gasteiger partial charge in [0.1, 0.15) is 0 Å². The minimum atomic E-state index is 0.0357. The number of rotatable bonds is 2. The van der Waals surface area contributed by atoms with Gasteiger partial charge >= 0.3 is 0 Å². The molecule has 20 heavy (non-hydrogen) atoms. The number of pyridine rings is 1. The van der Waals surface area contributed by atoms with Crippen LogP contribution >= 0.6 is 11.6 Å². The highest BCUT2D eigenvalue weighted by Gasteiger charge is 2.14. The summed E-state index contributed by atoms with van der Waals surface area (Å²) in [4.78, 5) is 16.5. The molecule has 3 heteroatoms. The zero-order valence-electron chi connectivity index (χ0n) is 10.9. The minimum absolute atomic E-state index is 0.0357. The highest BCUT2D eigenvalue weighted by molar-refractivity contribution is 6.30. The fourth-order valence-corrected chi connectivity index (χ4v) is 2.49. The smallest absolute Gasteiger partial charge is 0.161 e. The number of halogens is 1. The van der Waals surface area contributed by atoms with E-state index in [0.29, 0.717) is 10.6 Å². The molecule has 3 aromatic rings. The van der Waals surface area contributed by atoms with E-state index in [2.05, 4.69) is 4.98 Å². The van der Waals surface area contributed by atoms with Gasteiger partial charge in [-0.1, -0.05) is 41.9 Å². The molecule has 3 rings (SSSR count). The number of carbonyl (C=O) groups excluding carboxylic acids is 1. The van der Waals surface area contributed by atoms with Crippen LogP contribution in [-0.4, -0.2) is 10.8 Å². The van der Waals surface area contributed by atoms with Gasteiger partial charge in [-0.05, 0) is 30.7 Å². The minimum Gasteiger partial charge on any atom is -0.294 e. The summed E-state index contributed by atoms with van der Waals surface area (Å²) in [6, 6.07) is 15.1. The largest absolute Gasteiger partial charge is 0.294 e. The van der Waals surface area contributed by atoms with Gasteiger partial charge in [0.15, 0.2) is 5.78 Å². The van der Waals surface area contributed by atoms with Crippen LogP contribution in [0, 0.1) is 0 Å². The molecule has 1 aromatic heterocycles. The van der Waals surface area contributed by atoms with Crippen molar-refractivity contribution in [2.45, 2.75) is 6.92 Å². The summed E-state index contributed by atoms with van der Waals surface area (Å²) >= 11 is 5.91. The van der Waals surface area contributed by atoms with Crippen LogP contribution < -0.4 is 0 Å². The van der Waals surface area contributed by atoms with Crippen LogP contribution in [0.1, 0.15) is 17.3 Å². The first-order chi connectivity index (χ1) is 9.66. The summed E-state index contributed by atoms with van der Waals surface area (Å²) in [6.07, 6.45) is 1.75. The first-order valence-corrected chi connectivity index (χ1v) is 6.69. The van der Waals surface area contributed by atoms with Gasteiger partial charge in [0.2, 0.25) is 0 Å². The van der Waals surface area contributed by atoms with E-state index in [0.717, 1.165) is 22.0 Å². The van der Waals surface area contributed by atoms with Crippen molar-refractivity contribution in [3.63, 3.8) is 0 Å². The summed E-state index contributed by atoms with van der Waals surface area (Å²) in [5, 5.41) is 1.55. The quantitative estimate of drug-likeness (QED) is 0.634. The number of fused-ring (bicyclic) bond motifs is 1. The Hall–Kier alpha value is -2.19. The van der Waals surface area contributed by atoms with E-state index in [4.69, 9.17) is 11.6 Å². The molecule has 98 valence electrons. The van der Waals surface area contributed by atoms with Gasteiger partial charge in [0.05, 0.1) is 5.52 Å². The van der Waals surface area contributed by atoms with E-state index in [1.807, 2.05) is 48.5 Å². The molecule has 0 unspecified atom stereocenters. The molecule has 0 amide bonds. The molecule has 0 saturated carbocycles. The average molecular weight is 282 g/mol. The molecule has 2 nitrogen and oxygen atoms in total. The van der Waals surface area contributed by atoms with Crippen LogP contribution in [-0.2, 0) is 0 Å². The maximum atomic E-state index is 12.1. The molecule has 0 saturated heterocycles. The number of ketones is 1. The van der Waals surface area contributed by atoms with E-state index in [1.54, 1.807) is 13.1 Å². The Bertz CT molecular complexity index is 794. The predicted octanol–water partition coefficient (Wildman–Crippen LogP) is 4.76. The molecule has 0 fully saturated rings. The van der Waals surface area contributed by atoms with Crippen molar-refractivity contribution in [3.05, 3.63) is 65.3 Å². The number of Topliss-reactive ketones (excluding diaryl/α,β-unsaturated/α-hetero) is 1. The molecule has 0 spiro atoms. The number of nitrogens with zero attached hydrogens (tertiary/aromatic N) is 1. The maximum absolute atomic E-state index is 12.1. The number of hydrogen-bond acceptors (Lipinski definition) is 2. The second kappa shape index (κ2) is 5.06. The Morgan fingerprint density at radius 1 is 1.05 bits per heavy atom. The summed E-state index contributed by atoms with van der Waals surface area (Å²) in [7, 11) is 0. The number of aromatic nitrogens is 1. The van der Waals surface area contributed by atoms with Gasteiger partial charge in [-0.15, -0.1) is 0 Å². The average Bonchev–Trinajstić information content (AvgIpc) is 2.46. The Labute approximate surface area is 122 Å². The van der Waals surface area contributed by atoms with Gasteiger partial charge < -0.3 is 0 Å². The van der Waals surface area contributed by atoms with Gasteiger partial charge in [0, 0.05) is 27.7 Å². The molecule has 1 heterocycles. The summed E-state index contributed by atoms with van der Waals surface area (Å²) < 4.78 is 0. The van der Waals surface area contributed by atoms with Gasteiger partial charge in [-0.2, -0.15) is 0 Å². The topological polar surface area (TPSA) is 30.0 Å². The predicted molar refractivity (Wildman–Crippen MR) is 82.2 cm³/mol. The molecule has 0 aliphatic rings. The first kappa shape index (κ1) is 12.8. The van der Waals surface area contributed by atoms with E-state index < -0.39 is 0 Å². The Balaban J connectivity index is 2.33. The van der Waals surface area contributed by atoms with Crippen molar-refractivity contribution in [2.75, 3.05) is 0 Å². The second-order valence-electron chi connectivity index (χ2n) is 4.63. The van der Waals surface area contributed by atoms with Crippen molar-refractivity contribution in [2.24, 2.45) is 0 Å². The lowest BCUT2D eigenvalue weighted by molar-refractivity contribution is 0.102. The van der Waals surface area contributed by atoms with E-state index in [1.165, 1.54) is 0 Å². The zero-order valence-corrected chi connectivity index (χ0v) is 11.7. The molecular formula is C17H12ClNO. The van der Waals surface area contributed by atoms with E-state index in [-0.39, 0.29) is 5.78 Å². The number of benzene rings is 2. The van der Waals surface area contributed by atoms with Crippen molar-refractivity contribution in [1.29, 1.82) is 0 Å². The summed E-state index contributed by atoms with van der Waals surface area (Å²) in [5.74, 6) is 0.0357. The van der Waals surface area contributed by atoms with Crippen LogP contribution in [0.15, 0.2) is 54.7 Å². The number of para-hydroxylation sites is 1. The summed E-state index contributed by atoms with van der Waals surface area (Å²) in [5.41, 5.74) is 3.32. The number of hydrogen-bond donors (Lipinski definition) is 0. The SMILES string of the molecule is CC(=O)c1c(-c2ccc(Cl)cc2)cnc2ccccc12. The van der Waals surface area contributed by atoms with Crippen LogP contribution in [0.25, 0.3) is 22.0 Å². The van der Waals surface area contributed by atoms with Crippen LogP contribution in [0.4, 0.5) is 0 Å². The fourth-order valence-electron chi connectivity index (χ4n) is 2.37. The molecule has 0 aliphatic heterocycles. The van der Waals surface area contributed by atoms with Gasteiger partial charge in [0.25, 0.3) is 0 Å². The lowest BCUT2D eigenvalue weighted by Crippen LogP contribution is -1.99. The molecule has 0 aliphatic carbocycles. The monoisotopic (exact) mass is 281 g/mol. The number of carbonyl (C=O) groups is 1. The maximum Gasteiger partial charge on any atom is 0.161 e. The third-order valence-electron chi connectivity index (χ3n) is 3.28. The fraction of sp³-hybridized carbons (Fsp3) is 0.0588. The van der Waals surface area contributed by atoms with E-state index in [9.17, 15) is 4.79 Å². The standard InChI is InChI=1S/C17H12ClNO/c1-11(20)17-14-4-2-3-5-16(14)19-10-15(17)12-6-8-13(18)9-7-12/h2-10H,1H3. The third kappa shape index (κ3) is 2.19. The molecule has 0 N–H and O–H groups in total. The lowest BCUT2D eigenvalue weighted by Gasteiger charge is -2.10. The van der Waals surface area contributed by atoms with Crippen molar-refractivity contribution >= 4 is 28.3 Å². The summed E-state index contributed by atoms with van der Waals surface area (Å²) in [6.45, 7) is 1.58. The Kier molecular flexibility index (Phi) is 3.25. The van der Waals surface area contributed by atoms with Crippen LogP contribution in [0.5, 0.6) is 0 Å². The molecule has 0 atom stereocenters. The highest BCUT2D eigenvalue weighted by atomic mass is 35.5. The molecule has 2 aromatic carbocycles. The molecule has 0 bridgehead atoms. The van der Waals surface area contributed by atoms with Crippen molar-refractivity contribution in [1.82, 2.24) is 4.98 Å². The third-order valence-corrected chi connectivity index (χ3v) is 3.53. The van der Waals surface area contributed by atoms with Gasteiger partial charge in [-0.3, -0.25) is 9.78 Å². The van der Waals surface area contributed by atoms with Crippen molar-refractivity contribution < 1.29 is 4.79 Å². The normalized spacial score (nSPS) is 10.7.